The number of hydrogen-bond acceptors (Lipinski definition) is 3. The van der Waals surface area contributed by atoms with Crippen LogP contribution in [-0.4, -0.2) is 12.0 Å². The summed E-state index contributed by atoms with van der Waals surface area (Å²) in [6.45, 7) is 0. The number of nitrogens with zero attached hydrogens (tertiary/aromatic N) is 1. The van der Waals surface area contributed by atoms with Gasteiger partial charge < -0.3 is 5.32 Å². The first-order valence-electron chi connectivity index (χ1n) is 6.64. The van der Waals surface area contributed by atoms with E-state index in [2.05, 4.69) is 10.3 Å². The fourth-order valence-electron chi connectivity index (χ4n) is 2.26. The number of fused-ring (bicyclic) bond motifs is 1. The zero-order valence-electron chi connectivity index (χ0n) is 11.4. The van der Waals surface area contributed by atoms with Gasteiger partial charge in [0.15, 0.2) is 0 Å². The molecule has 0 aliphatic carbocycles. The smallest absolute Gasteiger partial charge is 0.127 e. The molecule has 1 N–H and O–H groups in total. The molecule has 0 fully saturated rings. The molecule has 0 amide bonds. The number of halogens is 2. The Hall–Kier alpha value is -1.49. The van der Waals surface area contributed by atoms with Gasteiger partial charge in [0.25, 0.3) is 0 Å². The lowest BCUT2D eigenvalue weighted by molar-refractivity contribution is 0.553. The monoisotopic (exact) mass is 320 g/mol. The molecule has 0 saturated heterocycles. The highest BCUT2D eigenvalue weighted by atomic mass is 35.5. The summed E-state index contributed by atoms with van der Waals surface area (Å²) in [5.74, 6) is -0.274. The van der Waals surface area contributed by atoms with Crippen LogP contribution in [0.3, 0.4) is 0 Å². The quantitative estimate of drug-likeness (QED) is 0.760. The highest BCUT2D eigenvalue weighted by Gasteiger charge is 2.17. The molecule has 0 radical (unpaired) electrons. The van der Waals surface area contributed by atoms with Crippen LogP contribution in [0.5, 0.6) is 0 Å². The zero-order valence-corrected chi connectivity index (χ0v) is 13.0. The largest absolute Gasteiger partial charge is 0.311 e. The van der Waals surface area contributed by atoms with Crippen molar-refractivity contribution in [2.75, 3.05) is 7.05 Å². The fraction of sp³-hybridized carbons (Fsp3) is 0.188. The second-order valence-electron chi connectivity index (χ2n) is 4.80. The van der Waals surface area contributed by atoms with Crippen molar-refractivity contribution in [3.8, 4) is 0 Å². The van der Waals surface area contributed by atoms with Crippen molar-refractivity contribution in [3.63, 3.8) is 0 Å². The van der Waals surface area contributed by atoms with Gasteiger partial charge in [0.1, 0.15) is 10.8 Å². The van der Waals surface area contributed by atoms with Gasteiger partial charge in [0, 0.05) is 5.02 Å². The van der Waals surface area contributed by atoms with Crippen LogP contribution >= 0.6 is 22.9 Å². The van der Waals surface area contributed by atoms with Gasteiger partial charge in [-0.15, -0.1) is 11.3 Å². The van der Waals surface area contributed by atoms with E-state index < -0.39 is 0 Å². The molecule has 0 bridgehead atoms. The van der Waals surface area contributed by atoms with Crippen LogP contribution < -0.4 is 5.32 Å². The van der Waals surface area contributed by atoms with Gasteiger partial charge in [-0.25, -0.2) is 9.37 Å². The normalized spacial score (nSPS) is 12.7. The minimum atomic E-state index is -0.274. The molecular weight excluding hydrogens is 307 g/mol. The second-order valence-corrected chi connectivity index (χ2v) is 6.30. The van der Waals surface area contributed by atoms with E-state index in [0.717, 1.165) is 15.2 Å². The molecule has 2 aromatic carbocycles. The summed E-state index contributed by atoms with van der Waals surface area (Å²) < 4.78 is 15.1. The second kappa shape index (κ2) is 6.10. The molecule has 0 aliphatic heterocycles. The van der Waals surface area contributed by atoms with E-state index in [1.807, 2.05) is 31.3 Å². The summed E-state index contributed by atoms with van der Waals surface area (Å²) in [5, 5.41) is 4.60. The lowest BCUT2D eigenvalue weighted by Gasteiger charge is -2.14. The third kappa shape index (κ3) is 3.07. The first-order chi connectivity index (χ1) is 10.2. The number of benzene rings is 2. The van der Waals surface area contributed by atoms with Crippen molar-refractivity contribution in [3.05, 3.63) is 63.9 Å². The molecule has 2 nitrogen and oxygen atoms in total. The molecule has 1 unspecified atom stereocenters. The lowest BCUT2D eigenvalue weighted by Crippen LogP contribution is -2.19. The van der Waals surface area contributed by atoms with Crippen LogP contribution in [0.15, 0.2) is 42.5 Å². The Labute approximate surface area is 131 Å². The third-order valence-corrected chi connectivity index (χ3v) is 4.78. The Balaban J connectivity index is 1.90. The molecule has 108 valence electrons. The molecule has 1 atom stereocenters. The zero-order chi connectivity index (χ0) is 14.8. The average Bonchev–Trinajstić information content (AvgIpc) is 2.90. The molecule has 0 saturated carbocycles. The molecule has 1 heterocycles. The van der Waals surface area contributed by atoms with Crippen molar-refractivity contribution in [1.82, 2.24) is 10.3 Å². The summed E-state index contributed by atoms with van der Waals surface area (Å²) in [5.41, 5.74) is 1.62. The Kier molecular flexibility index (Phi) is 4.19. The minimum Gasteiger partial charge on any atom is -0.311 e. The Bertz CT molecular complexity index is 739. The van der Waals surface area contributed by atoms with E-state index in [0.29, 0.717) is 17.0 Å². The van der Waals surface area contributed by atoms with Crippen LogP contribution in [0.25, 0.3) is 10.2 Å². The maximum atomic E-state index is 13.9. The summed E-state index contributed by atoms with van der Waals surface area (Å²) in [4.78, 5) is 4.63. The van der Waals surface area contributed by atoms with E-state index >= 15 is 0 Å². The topological polar surface area (TPSA) is 24.9 Å². The van der Waals surface area contributed by atoms with Crippen LogP contribution in [0.4, 0.5) is 4.39 Å². The first-order valence-corrected chi connectivity index (χ1v) is 7.83. The maximum absolute atomic E-state index is 13.9. The van der Waals surface area contributed by atoms with E-state index in [9.17, 15) is 4.39 Å². The van der Waals surface area contributed by atoms with Crippen molar-refractivity contribution >= 4 is 33.2 Å². The Morgan fingerprint density at radius 3 is 2.81 bits per heavy atom. The number of thiazole rings is 1. The van der Waals surface area contributed by atoms with E-state index in [1.54, 1.807) is 23.5 Å². The minimum absolute atomic E-state index is 0.0157. The number of para-hydroxylation sites is 1. The Morgan fingerprint density at radius 2 is 2.10 bits per heavy atom. The SMILES string of the molecule is CNC(Cc1ccc(Cl)cc1F)c1nc2ccccc2s1. The Morgan fingerprint density at radius 1 is 1.29 bits per heavy atom. The van der Waals surface area contributed by atoms with E-state index in [1.165, 1.54) is 6.07 Å². The molecule has 1 aromatic heterocycles. The van der Waals surface area contributed by atoms with Gasteiger partial charge in [-0.05, 0) is 43.3 Å². The standard InChI is InChI=1S/C16H14ClFN2S/c1-19-14(8-10-6-7-11(17)9-12(10)18)16-20-13-4-2-3-5-15(13)21-16/h2-7,9,14,19H,8H2,1H3. The van der Waals surface area contributed by atoms with Crippen LogP contribution in [0.1, 0.15) is 16.6 Å². The molecular formula is C16H14ClFN2S. The van der Waals surface area contributed by atoms with Gasteiger partial charge in [0.05, 0.1) is 16.3 Å². The van der Waals surface area contributed by atoms with Crippen molar-refractivity contribution in [2.24, 2.45) is 0 Å². The third-order valence-electron chi connectivity index (χ3n) is 3.40. The van der Waals surface area contributed by atoms with Crippen LogP contribution in [0.2, 0.25) is 5.02 Å². The summed E-state index contributed by atoms with van der Waals surface area (Å²) >= 11 is 7.43. The molecule has 5 heteroatoms. The van der Waals surface area contributed by atoms with E-state index in [4.69, 9.17) is 11.6 Å². The van der Waals surface area contributed by atoms with Gasteiger partial charge in [-0.2, -0.15) is 0 Å². The molecule has 3 rings (SSSR count). The number of nitrogens with one attached hydrogen (secondary N) is 1. The van der Waals surface area contributed by atoms with Crippen LogP contribution in [0, 0.1) is 5.82 Å². The van der Waals surface area contributed by atoms with Crippen LogP contribution in [-0.2, 0) is 6.42 Å². The predicted octanol–water partition coefficient (Wildman–Crippen LogP) is 4.59. The van der Waals surface area contributed by atoms with Gasteiger partial charge in [-0.1, -0.05) is 29.8 Å². The maximum Gasteiger partial charge on any atom is 0.127 e. The first kappa shape index (κ1) is 14.4. The van der Waals surface area contributed by atoms with Gasteiger partial charge in [-0.3, -0.25) is 0 Å². The summed E-state index contributed by atoms with van der Waals surface area (Å²) in [7, 11) is 1.87. The van der Waals surface area contributed by atoms with Crippen molar-refractivity contribution < 1.29 is 4.39 Å². The molecule has 3 aromatic rings. The predicted molar refractivity (Wildman–Crippen MR) is 86.5 cm³/mol. The van der Waals surface area contributed by atoms with E-state index in [-0.39, 0.29) is 11.9 Å². The van der Waals surface area contributed by atoms with Gasteiger partial charge >= 0.3 is 0 Å². The molecule has 0 spiro atoms. The number of rotatable bonds is 4. The number of aromatic nitrogens is 1. The highest BCUT2D eigenvalue weighted by molar-refractivity contribution is 7.18. The summed E-state index contributed by atoms with van der Waals surface area (Å²) in [6.07, 6.45) is 0.541. The molecule has 21 heavy (non-hydrogen) atoms. The average molecular weight is 321 g/mol. The van der Waals surface area contributed by atoms with Gasteiger partial charge in [0.2, 0.25) is 0 Å². The fourth-order valence-corrected chi connectivity index (χ4v) is 3.50. The lowest BCUT2D eigenvalue weighted by atomic mass is 10.1. The molecule has 0 aliphatic rings. The number of hydrogen-bond donors (Lipinski definition) is 1. The highest BCUT2D eigenvalue weighted by Crippen LogP contribution is 2.29. The van der Waals surface area contributed by atoms with Crippen molar-refractivity contribution in [2.45, 2.75) is 12.5 Å². The number of likely N-dealkylation sites (N-methyl/N-ethyl adjacent to an activating group) is 1. The summed E-state index contributed by atoms with van der Waals surface area (Å²) in [6, 6.07) is 12.8. The van der Waals surface area contributed by atoms with Crippen molar-refractivity contribution in [1.29, 1.82) is 0 Å².